The number of thiocarbonyl (C=S) groups is 1. The maximum Gasteiger partial charge on any atom is 0.272 e. The Morgan fingerprint density at radius 1 is 0.857 bits per heavy atom. The molecule has 1 fully saturated rings. The fourth-order valence-electron chi connectivity index (χ4n) is 3.68. The monoisotopic (exact) mass is 497 g/mol. The first-order chi connectivity index (χ1) is 17.1. The molecule has 0 spiro atoms. The van der Waals surface area contributed by atoms with E-state index in [1.54, 1.807) is 49.6 Å². The van der Waals surface area contributed by atoms with Crippen LogP contribution in [-0.2, 0) is 9.59 Å². The molecule has 2 amide bonds. The number of ether oxygens (including phenoxy) is 1. The molecule has 2 heterocycles. The van der Waals surface area contributed by atoms with E-state index in [1.807, 2.05) is 53.9 Å². The van der Waals surface area contributed by atoms with Crippen LogP contribution >= 0.6 is 23.6 Å². The van der Waals surface area contributed by atoms with Crippen molar-refractivity contribution < 1.29 is 14.3 Å². The lowest BCUT2D eigenvalue weighted by Crippen LogP contribution is -2.56. The van der Waals surface area contributed by atoms with Gasteiger partial charge >= 0.3 is 0 Å². The Morgan fingerprint density at radius 2 is 1.49 bits per heavy atom. The van der Waals surface area contributed by atoms with Crippen LogP contribution in [0.2, 0.25) is 0 Å². The first kappa shape index (κ1) is 22.6. The molecule has 1 aliphatic heterocycles. The summed E-state index contributed by atoms with van der Waals surface area (Å²) in [4.78, 5) is 34.6. The molecule has 5 rings (SSSR count). The Kier molecular flexibility index (Phi) is 6.22. The molecule has 0 radical (unpaired) electrons. The fraction of sp³-hybridized carbons (Fsp3) is 0.0370. The predicted molar refractivity (Wildman–Crippen MR) is 143 cm³/mol. The summed E-state index contributed by atoms with van der Waals surface area (Å²) < 4.78 is 5.21. The van der Waals surface area contributed by atoms with Gasteiger partial charge in [-0.1, -0.05) is 60.7 Å². The summed E-state index contributed by atoms with van der Waals surface area (Å²) in [6.07, 6.45) is 1.57. The minimum Gasteiger partial charge on any atom is -0.497 e. The Balaban J connectivity index is 1.60. The number of benzene rings is 3. The number of thiazole rings is 1. The Bertz CT molecular complexity index is 1430. The van der Waals surface area contributed by atoms with Crippen LogP contribution in [0, 0.1) is 0 Å². The molecular formula is C27H19N3O3S2. The minimum atomic E-state index is -0.517. The van der Waals surface area contributed by atoms with Gasteiger partial charge in [0.25, 0.3) is 11.8 Å². The van der Waals surface area contributed by atoms with E-state index in [1.165, 1.54) is 21.1 Å². The highest BCUT2D eigenvalue weighted by atomic mass is 32.1. The van der Waals surface area contributed by atoms with E-state index < -0.39 is 11.8 Å². The van der Waals surface area contributed by atoms with Crippen LogP contribution in [0.4, 0.5) is 10.8 Å². The molecule has 0 unspecified atom stereocenters. The number of amides is 2. The maximum atomic E-state index is 13.7. The zero-order chi connectivity index (χ0) is 24.4. The second kappa shape index (κ2) is 9.61. The van der Waals surface area contributed by atoms with Crippen LogP contribution in [0.1, 0.15) is 5.56 Å². The highest BCUT2D eigenvalue weighted by molar-refractivity contribution is 7.81. The van der Waals surface area contributed by atoms with Gasteiger partial charge in [-0.2, -0.15) is 0 Å². The summed E-state index contributed by atoms with van der Waals surface area (Å²) in [6, 6.07) is 25.8. The Labute approximate surface area is 211 Å². The molecule has 0 aliphatic carbocycles. The van der Waals surface area contributed by atoms with Crippen molar-refractivity contribution in [1.29, 1.82) is 0 Å². The summed E-state index contributed by atoms with van der Waals surface area (Å²) in [5.41, 5.74) is 2.90. The second-order valence-electron chi connectivity index (χ2n) is 7.61. The normalized spacial score (nSPS) is 15.1. The molecule has 0 saturated carbocycles. The molecule has 4 aromatic rings. The van der Waals surface area contributed by atoms with Gasteiger partial charge in [-0.3, -0.25) is 14.5 Å². The number of hydrogen-bond acceptors (Lipinski definition) is 6. The molecule has 6 nitrogen and oxygen atoms in total. The third-order valence-electron chi connectivity index (χ3n) is 5.44. The van der Waals surface area contributed by atoms with Crippen molar-refractivity contribution in [3.63, 3.8) is 0 Å². The second-order valence-corrected chi connectivity index (χ2v) is 8.81. The quantitative estimate of drug-likeness (QED) is 0.205. The SMILES string of the molecule is COc1ccc(C=C2C(=O)N(c3ccccc3)C(=S)N(c3nc(-c4ccccc4)cs3)C2=O)cc1. The molecule has 1 aliphatic rings. The number of hydrogen-bond donors (Lipinski definition) is 0. The number of para-hydroxylation sites is 1. The largest absolute Gasteiger partial charge is 0.497 e. The first-order valence-electron chi connectivity index (χ1n) is 10.7. The van der Waals surface area contributed by atoms with Crippen LogP contribution in [0.25, 0.3) is 17.3 Å². The van der Waals surface area contributed by atoms with E-state index >= 15 is 0 Å². The maximum absolute atomic E-state index is 13.7. The van der Waals surface area contributed by atoms with Crippen molar-refractivity contribution in [2.75, 3.05) is 16.9 Å². The number of rotatable bonds is 5. The molecule has 35 heavy (non-hydrogen) atoms. The summed E-state index contributed by atoms with van der Waals surface area (Å²) in [5.74, 6) is -0.326. The molecule has 1 aromatic heterocycles. The van der Waals surface area contributed by atoms with Crippen molar-refractivity contribution in [1.82, 2.24) is 4.98 Å². The topological polar surface area (TPSA) is 62.7 Å². The van der Waals surface area contributed by atoms with Crippen LogP contribution in [0.3, 0.4) is 0 Å². The number of carbonyl (C=O) groups excluding carboxylic acids is 2. The van der Waals surface area contributed by atoms with Gasteiger partial charge in [0.1, 0.15) is 11.3 Å². The van der Waals surface area contributed by atoms with E-state index in [9.17, 15) is 9.59 Å². The predicted octanol–water partition coefficient (Wildman–Crippen LogP) is 5.57. The van der Waals surface area contributed by atoms with Gasteiger partial charge < -0.3 is 4.74 Å². The summed E-state index contributed by atoms with van der Waals surface area (Å²) >= 11 is 6.97. The van der Waals surface area contributed by atoms with Crippen molar-refractivity contribution in [2.24, 2.45) is 0 Å². The van der Waals surface area contributed by atoms with E-state index in [0.29, 0.717) is 22.1 Å². The molecule has 0 atom stereocenters. The average Bonchev–Trinajstić information content (AvgIpc) is 3.38. The molecule has 0 bridgehead atoms. The highest BCUT2D eigenvalue weighted by Gasteiger charge is 2.42. The van der Waals surface area contributed by atoms with Gasteiger partial charge in [0.2, 0.25) is 0 Å². The van der Waals surface area contributed by atoms with Gasteiger partial charge in [-0.15, -0.1) is 11.3 Å². The van der Waals surface area contributed by atoms with E-state index in [0.717, 1.165) is 11.3 Å². The van der Waals surface area contributed by atoms with Crippen molar-refractivity contribution >= 4 is 57.4 Å². The molecule has 172 valence electrons. The highest BCUT2D eigenvalue weighted by Crippen LogP contribution is 2.33. The van der Waals surface area contributed by atoms with Crippen LogP contribution < -0.4 is 14.5 Å². The third-order valence-corrected chi connectivity index (χ3v) is 6.63. The molecule has 1 saturated heterocycles. The van der Waals surface area contributed by atoms with Crippen molar-refractivity contribution in [3.8, 4) is 17.0 Å². The zero-order valence-corrected chi connectivity index (χ0v) is 20.3. The van der Waals surface area contributed by atoms with Crippen LogP contribution in [0.15, 0.2) is 95.9 Å². The van der Waals surface area contributed by atoms with E-state index in [4.69, 9.17) is 17.0 Å². The number of nitrogens with zero attached hydrogens (tertiary/aromatic N) is 3. The van der Waals surface area contributed by atoms with Gasteiger partial charge in [-0.25, -0.2) is 9.88 Å². The number of methoxy groups -OCH3 is 1. The summed E-state index contributed by atoms with van der Waals surface area (Å²) in [6.45, 7) is 0. The third kappa shape index (κ3) is 4.37. The van der Waals surface area contributed by atoms with E-state index in [-0.39, 0.29) is 10.7 Å². The lowest BCUT2D eigenvalue weighted by Gasteiger charge is -2.35. The molecule has 3 aromatic carbocycles. The smallest absolute Gasteiger partial charge is 0.272 e. The van der Waals surface area contributed by atoms with Gasteiger partial charge in [-0.05, 0) is 48.1 Å². The standard InChI is InChI=1S/C27H19N3O3S2/c1-33-21-14-12-18(13-15-21)16-22-24(31)29(20-10-6-3-7-11-20)27(34)30(25(22)32)26-28-23(17-35-26)19-8-4-2-5-9-19/h2-17H,1H3. The zero-order valence-electron chi connectivity index (χ0n) is 18.6. The number of carbonyl (C=O) groups is 2. The first-order valence-corrected chi connectivity index (χ1v) is 12.0. The van der Waals surface area contributed by atoms with Gasteiger partial charge in [0, 0.05) is 10.9 Å². The van der Waals surface area contributed by atoms with Crippen LogP contribution in [-0.4, -0.2) is 29.0 Å². The number of aromatic nitrogens is 1. The average molecular weight is 498 g/mol. The lowest BCUT2D eigenvalue weighted by molar-refractivity contribution is -0.120. The van der Waals surface area contributed by atoms with Crippen molar-refractivity contribution in [3.05, 3.63) is 101 Å². The minimum absolute atomic E-state index is 0.0101. The Morgan fingerprint density at radius 3 is 2.14 bits per heavy atom. The molecular weight excluding hydrogens is 478 g/mol. The van der Waals surface area contributed by atoms with Gasteiger partial charge in [0.15, 0.2) is 10.2 Å². The van der Waals surface area contributed by atoms with Crippen molar-refractivity contribution in [2.45, 2.75) is 0 Å². The molecule has 0 N–H and O–H groups in total. The summed E-state index contributed by atoms with van der Waals surface area (Å²) in [7, 11) is 1.58. The number of anilines is 2. The Hall–Kier alpha value is -4.14. The molecule has 8 heteroatoms. The fourth-order valence-corrected chi connectivity index (χ4v) is 4.93. The van der Waals surface area contributed by atoms with E-state index in [2.05, 4.69) is 4.98 Å². The van der Waals surface area contributed by atoms with Gasteiger partial charge in [0.05, 0.1) is 18.5 Å². The summed E-state index contributed by atoms with van der Waals surface area (Å²) in [5, 5.41) is 2.33. The lowest BCUT2D eigenvalue weighted by atomic mass is 10.1. The van der Waals surface area contributed by atoms with Crippen LogP contribution in [0.5, 0.6) is 5.75 Å².